The first-order valence-corrected chi connectivity index (χ1v) is 16.7. The molecule has 1 aliphatic heterocycles. The molecular weight excluding hydrogens is 599 g/mol. The van der Waals surface area contributed by atoms with Crippen LogP contribution in [0.25, 0.3) is 94.1 Å². The van der Waals surface area contributed by atoms with E-state index in [1.54, 1.807) is 0 Å². The number of rotatable bonds is 2. The van der Waals surface area contributed by atoms with Crippen LogP contribution in [-0.2, 0) is 6.42 Å². The van der Waals surface area contributed by atoms with Crippen molar-refractivity contribution >= 4 is 54.5 Å². The zero-order valence-electron chi connectivity index (χ0n) is 26.4. The Labute approximate surface area is 281 Å². The van der Waals surface area contributed by atoms with Crippen molar-refractivity contribution in [2.75, 3.05) is 0 Å². The molecule has 3 aromatic heterocycles. The predicted molar refractivity (Wildman–Crippen MR) is 200 cm³/mol. The molecule has 0 fully saturated rings. The highest BCUT2D eigenvalue weighted by atomic mass is 16.3. The standard InChI is InChI=1S/C45H27N3O/c1-2-11-29-26-30(22-21-28(29)10-1)43-36-24-27-20-23-32-31-12-3-6-16-37(31)48(39(32)25-27)38-17-7-4-13-33(38)44(36)47-45(46-43)35-15-9-19-41-42(35)34-14-5-8-18-40(34)49-41/h1-23,25-26H,24H2. The van der Waals surface area contributed by atoms with Gasteiger partial charge in [0.05, 0.1) is 28.1 Å². The van der Waals surface area contributed by atoms with E-state index in [1.165, 1.54) is 38.1 Å². The van der Waals surface area contributed by atoms with E-state index in [0.29, 0.717) is 12.2 Å². The van der Waals surface area contributed by atoms with Gasteiger partial charge in [0.15, 0.2) is 5.82 Å². The quantitative estimate of drug-likeness (QED) is 0.192. The van der Waals surface area contributed by atoms with Gasteiger partial charge in [0.1, 0.15) is 11.2 Å². The van der Waals surface area contributed by atoms with Crippen molar-refractivity contribution in [3.05, 3.63) is 163 Å². The van der Waals surface area contributed by atoms with Crippen LogP contribution in [0.5, 0.6) is 0 Å². The van der Waals surface area contributed by atoms with Crippen LogP contribution in [0.2, 0.25) is 0 Å². The van der Waals surface area contributed by atoms with E-state index in [2.05, 4.69) is 132 Å². The molecule has 0 radical (unpaired) electrons. The summed E-state index contributed by atoms with van der Waals surface area (Å²) < 4.78 is 8.75. The molecule has 0 saturated heterocycles. The van der Waals surface area contributed by atoms with Crippen LogP contribution in [0.3, 0.4) is 0 Å². The first-order valence-electron chi connectivity index (χ1n) is 16.7. The third-order valence-corrected chi connectivity index (χ3v) is 10.2. The van der Waals surface area contributed by atoms with E-state index in [-0.39, 0.29) is 0 Å². The van der Waals surface area contributed by atoms with E-state index in [9.17, 15) is 0 Å². The third-order valence-electron chi connectivity index (χ3n) is 10.2. The van der Waals surface area contributed by atoms with Gasteiger partial charge in [-0.05, 0) is 52.7 Å². The zero-order chi connectivity index (χ0) is 32.1. The molecule has 7 aromatic carbocycles. The van der Waals surface area contributed by atoms with Crippen molar-refractivity contribution in [1.82, 2.24) is 14.5 Å². The minimum atomic E-state index is 0.683. The monoisotopic (exact) mass is 625 g/mol. The number of hydrogen-bond donors (Lipinski definition) is 0. The average Bonchev–Trinajstić information content (AvgIpc) is 3.71. The van der Waals surface area contributed by atoms with Gasteiger partial charge in [0.2, 0.25) is 0 Å². The second-order valence-corrected chi connectivity index (χ2v) is 13.0. The summed E-state index contributed by atoms with van der Waals surface area (Å²) in [6.07, 6.45) is 0.697. The van der Waals surface area contributed by atoms with Crippen LogP contribution in [-0.4, -0.2) is 14.5 Å². The van der Waals surface area contributed by atoms with E-state index in [4.69, 9.17) is 14.4 Å². The summed E-state index contributed by atoms with van der Waals surface area (Å²) in [5, 5.41) is 6.98. The van der Waals surface area contributed by atoms with Crippen LogP contribution in [0.15, 0.2) is 156 Å². The molecule has 0 amide bonds. The number of nitrogens with zero attached hydrogens (tertiary/aromatic N) is 3. The van der Waals surface area contributed by atoms with Crippen molar-refractivity contribution in [3.63, 3.8) is 0 Å². The Balaban J connectivity index is 1.29. The second-order valence-electron chi connectivity index (χ2n) is 13.0. The molecule has 0 unspecified atom stereocenters. The maximum Gasteiger partial charge on any atom is 0.161 e. The minimum Gasteiger partial charge on any atom is -0.456 e. The number of furan rings is 1. The van der Waals surface area contributed by atoms with Gasteiger partial charge >= 0.3 is 0 Å². The normalized spacial score (nSPS) is 12.4. The predicted octanol–water partition coefficient (Wildman–Crippen LogP) is 11.5. The Hall–Kier alpha value is -6.52. The summed E-state index contributed by atoms with van der Waals surface area (Å²) in [6.45, 7) is 0. The summed E-state index contributed by atoms with van der Waals surface area (Å²) in [5.74, 6) is 0.683. The average molecular weight is 626 g/mol. The Bertz CT molecular complexity index is 2980. The molecule has 0 aliphatic carbocycles. The molecule has 4 heteroatoms. The molecule has 0 atom stereocenters. The fourth-order valence-corrected chi connectivity index (χ4v) is 7.99. The Morgan fingerprint density at radius 1 is 0.510 bits per heavy atom. The number of benzene rings is 7. The van der Waals surface area contributed by atoms with Crippen LogP contribution in [0.4, 0.5) is 0 Å². The highest BCUT2D eigenvalue weighted by molar-refractivity contribution is 6.12. The van der Waals surface area contributed by atoms with Gasteiger partial charge in [-0.2, -0.15) is 0 Å². The van der Waals surface area contributed by atoms with Crippen LogP contribution in [0.1, 0.15) is 11.1 Å². The molecule has 0 N–H and O–H groups in total. The van der Waals surface area contributed by atoms with E-state index < -0.39 is 0 Å². The minimum absolute atomic E-state index is 0.683. The van der Waals surface area contributed by atoms with E-state index in [0.717, 1.165) is 61.3 Å². The van der Waals surface area contributed by atoms with Crippen LogP contribution in [0, 0.1) is 0 Å². The molecule has 0 saturated carbocycles. The van der Waals surface area contributed by atoms with Crippen molar-refractivity contribution in [2.24, 2.45) is 0 Å². The summed E-state index contributed by atoms with van der Waals surface area (Å²) in [7, 11) is 0. The number of hydrogen-bond acceptors (Lipinski definition) is 3. The van der Waals surface area contributed by atoms with Crippen LogP contribution >= 0.6 is 0 Å². The molecular formula is C45H27N3O. The van der Waals surface area contributed by atoms with Gasteiger partial charge < -0.3 is 8.98 Å². The summed E-state index contributed by atoms with van der Waals surface area (Å²) in [4.78, 5) is 11.1. The largest absolute Gasteiger partial charge is 0.456 e. The molecule has 0 spiro atoms. The third kappa shape index (κ3) is 3.86. The SMILES string of the molecule is c1ccc2c(c1)-c1nc(-c3cccc4oc5ccccc5c34)nc(-c3ccc4ccccc4c3)c1Cc1ccc3c4ccccc4n-2c3c1. The summed E-state index contributed by atoms with van der Waals surface area (Å²) in [6, 6.07) is 54.0. The smallest absolute Gasteiger partial charge is 0.161 e. The fraction of sp³-hybridized carbons (Fsp3) is 0.0222. The second kappa shape index (κ2) is 9.99. The lowest BCUT2D eigenvalue weighted by Gasteiger charge is -2.19. The van der Waals surface area contributed by atoms with Gasteiger partial charge in [-0.15, -0.1) is 0 Å². The molecule has 10 aromatic rings. The van der Waals surface area contributed by atoms with Gasteiger partial charge in [-0.3, -0.25) is 0 Å². The Morgan fingerprint density at radius 3 is 2.20 bits per heavy atom. The van der Waals surface area contributed by atoms with Gasteiger partial charge in [0, 0.05) is 50.2 Å². The van der Waals surface area contributed by atoms with Gasteiger partial charge in [0.25, 0.3) is 0 Å². The maximum absolute atomic E-state index is 6.33. The zero-order valence-corrected chi connectivity index (χ0v) is 26.4. The lowest BCUT2D eigenvalue weighted by molar-refractivity contribution is 0.669. The van der Waals surface area contributed by atoms with Crippen molar-refractivity contribution < 1.29 is 4.42 Å². The topological polar surface area (TPSA) is 43.9 Å². The Kier molecular flexibility index (Phi) is 5.41. The molecule has 49 heavy (non-hydrogen) atoms. The van der Waals surface area contributed by atoms with Crippen LogP contribution < -0.4 is 0 Å². The first-order chi connectivity index (χ1) is 24.3. The number of para-hydroxylation sites is 3. The maximum atomic E-state index is 6.33. The number of fused-ring (bicyclic) bond motifs is 12. The van der Waals surface area contributed by atoms with Crippen molar-refractivity contribution in [2.45, 2.75) is 6.42 Å². The molecule has 4 nitrogen and oxygen atoms in total. The lowest BCUT2D eigenvalue weighted by Crippen LogP contribution is -2.05. The first kappa shape index (κ1) is 26.5. The Morgan fingerprint density at radius 2 is 1.24 bits per heavy atom. The molecule has 1 aliphatic rings. The van der Waals surface area contributed by atoms with Gasteiger partial charge in [-0.25, -0.2) is 9.97 Å². The van der Waals surface area contributed by atoms with Gasteiger partial charge in [-0.1, -0.05) is 115 Å². The lowest BCUT2D eigenvalue weighted by atomic mass is 9.92. The molecule has 2 bridgehead atoms. The van der Waals surface area contributed by atoms with E-state index in [1.807, 2.05) is 24.3 Å². The highest BCUT2D eigenvalue weighted by Gasteiger charge is 2.26. The fourth-order valence-electron chi connectivity index (χ4n) is 7.99. The molecule has 4 heterocycles. The molecule has 228 valence electrons. The highest BCUT2D eigenvalue weighted by Crippen LogP contribution is 2.43. The van der Waals surface area contributed by atoms with E-state index >= 15 is 0 Å². The number of aromatic nitrogens is 3. The summed E-state index contributed by atoms with van der Waals surface area (Å²) >= 11 is 0. The van der Waals surface area contributed by atoms with Crippen molar-refractivity contribution in [3.8, 4) is 39.6 Å². The summed E-state index contributed by atoms with van der Waals surface area (Å²) in [5.41, 5.74) is 12.5. The van der Waals surface area contributed by atoms with Crippen molar-refractivity contribution in [1.29, 1.82) is 0 Å². The molecule has 11 rings (SSSR count).